The number of nitro benzene ring substituents is 1. The molecule has 5 rings (SSSR count). The summed E-state index contributed by atoms with van der Waals surface area (Å²) in [7, 11) is 0. The smallest absolute Gasteiger partial charge is 0.269 e. The number of hydrogen-bond donors (Lipinski definition) is 0. The van der Waals surface area contributed by atoms with Gasteiger partial charge in [0.05, 0.1) is 26.7 Å². The van der Waals surface area contributed by atoms with Crippen molar-refractivity contribution in [3.63, 3.8) is 0 Å². The van der Waals surface area contributed by atoms with E-state index in [1.807, 2.05) is 53.4 Å². The summed E-state index contributed by atoms with van der Waals surface area (Å²) in [5.74, 6) is -0.0600. The van der Waals surface area contributed by atoms with E-state index >= 15 is 0 Å². The third-order valence-electron chi connectivity index (χ3n) is 6.08. The Morgan fingerprint density at radius 2 is 1.62 bits per heavy atom. The average molecular weight is 473 g/mol. The molecule has 0 unspecified atom stereocenters. The molecule has 0 saturated carbocycles. The van der Waals surface area contributed by atoms with Crippen molar-refractivity contribution in [2.24, 2.45) is 0 Å². The number of nitrogens with zero attached hydrogens (tertiary/aromatic N) is 4. The molecule has 7 nitrogen and oxygen atoms in total. The maximum Gasteiger partial charge on any atom is 0.269 e. The predicted molar refractivity (Wildman–Crippen MR) is 133 cm³/mol. The van der Waals surface area contributed by atoms with Gasteiger partial charge in [-0.15, -0.1) is 0 Å². The fourth-order valence-corrected chi connectivity index (χ4v) is 4.49. The first kappa shape index (κ1) is 21.9. The van der Waals surface area contributed by atoms with Crippen molar-refractivity contribution >= 4 is 39.8 Å². The summed E-state index contributed by atoms with van der Waals surface area (Å²) in [6, 6.07) is 23.6. The van der Waals surface area contributed by atoms with E-state index in [4.69, 9.17) is 16.6 Å². The highest BCUT2D eigenvalue weighted by Crippen LogP contribution is 2.30. The standard InChI is InChI=1S/C26H21ClN4O3/c27-23-8-4-7-21-22(17-24(28-25(21)23)18-5-2-1-3-6-18)26(32)30-15-13-29(14-16-30)19-9-11-20(12-10-19)31(33)34/h1-12,17H,13-16H2. The summed E-state index contributed by atoms with van der Waals surface area (Å²) in [4.78, 5) is 32.8. The van der Waals surface area contributed by atoms with E-state index < -0.39 is 4.92 Å². The van der Waals surface area contributed by atoms with Gasteiger partial charge in [-0.1, -0.05) is 54.1 Å². The molecule has 4 aromatic rings. The third-order valence-corrected chi connectivity index (χ3v) is 6.39. The number of para-hydroxylation sites is 1. The number of amides is 1. The number of nitro groups is 1. The highest BCUT2D eigenvalue weighted by atomic mass is 35.5. The van der Waals surface area contributed by atoms with Crippen LogP contribution in [0, 0.1) is 10.1 Å². The van der Waals surface area contributed by atoms with Gasteiger partial charge in [0.2, 0.25) is 0 Å². The lowest BCUT2D eigenvalue weighted by Gasteiger charge is -2.36. The van der Waals surface area contributed by atoms with Crippen molar-refractivity contribution in [1.82, 2.24) is 9.88 Å². The quantitative estimate of drug-likeness (QED) is 0.292. The zero-order valence-electron chi connectivity index (χ0n) is 18.2. The van der Waals surface area contributed by atoms with Crippen LogP contribution in [0.15, 0.2) is 78.9 Å². The minimum absolute atomic E-state index is 0.0600. The SMILES string of the molecule is O=C(c1cc(-c2ccccc2)nc2c(Cl)cccc12)N1CCN(c2ccc([N+](=O)[O-])cc2)CC1. The molecule has 1 saturated heterocycles. The average Bonchev–Trinajstić information content (AvgIpc) is 2.89. The Hall–Kier alpha value is -3.97. The Labute approximate surface area is 201 Å². The summed E-state index contributed by atoms with van der Waals surface area (Å²) >= 11 is 6.46. The Kier molecular flexibility index (Phi) is 5.86. The van der Waals surface area contributed by atoms with Gasteiger partial charge in [0, 0.05) is 54.9 Å². The number of pyridine rings is 1. The fourth-order valence-electron chi connectivity index (χ4n) is 4.27. The lowest BCUT2D eigenvalue weighted by molar-refractivity contribution is -0.384. The second-order valence-corrected chi connectivity index (χ2v) is 8.52. The number of aromatic nitrogens is 1. The number of benzene rings is 3. The van der Waals surface area contributed by atoms with Crippen molar-refractivity contribution in [1.29, 1.82) is 0 Å². The van der Waals surface area contributed by atoms with Crippen LogP contribution in [0.4, 0.5) is 11.4 Å². The topological polar surface area (TPSA) is 79.6 Å². The molecular weight excluding hydrogens is 452 g/mol. The number of carbonyl (C=O) groups excluding carboxylic acids is 1. The van der Waals surface area contributed by atoms with Crippen LogP contribution in [-0.4, -0.2) is 46.9 Å². The van der Waals surface area contributed by atoms with Gasteiger partial charge in [0.15, 0.2) is 0 Å². The summed E-state index contributed by atoms with van der Waals surface area (Å²) in [5.41, 5.74) is 3.78. The molecule has 34 heavy (non-hydrogen) atoms. The van der Waals surface area contributed by atoms with Crippen LogP contribution < -0.4 is 4.90 Å². The van der Waals surface area contributed by atoms with E-state index in [2.05, 4.69) is 4.90 Å². The summed E-state index contributed by atoms with van der Waals surface area (Å²) in [6.07, 6.45) is 0. The monoisotopic (exact) mass is 472 g/mol. The summed E-state index contributed by atoms with van der Waals surface area (Å²) in [5, 5.41) is 12.1. The molecule has 0 bridgehead atoms. The molecule has 1 aliphatic heterocycles. The van der Waals surface area contributed by atoms with E-state index in [1.165, 1.54) is 12.1 Å². The first-order chi connectivity index (χ1) is 16.5. The van der Waals surface area contributed by atoms with E-state index in [0.717, 1.165) is 16.6 Å². The van der Waals surface area contributed by atoms with Crippen molar-refractivity contribution in [3.05, 3.63) is 99.6 Å². The number of non-ortho nitro benzene ring substituents is 1. The number of fused-ring (bicyclic) bond motifs is 1. The number of carbonyl (C=O) groups is 1. The van der Waals surface area contributed by atoms with Gasteiger partial charge >= 0.3 is 0 Å². The molecule has 1 aliphatic rings. The number of halogens is 1. The predicted octanol–water partition coefficient (Wildman–Crippen LogP) is 5.43. The number of rotatable bonds is 4. The number of hydrogen-bond acceptors (Lipinski definition) is 5. The first-order valence-electron chi connectivity index (χ1n) is 10.9. The van der Waals surface area contributed by atoms with Gasteiger partial charge in [-0.2, -0.15) is 0 Å². The molecule has 0 atom stereocenters. The van der Waals surface area contributed by atoms with Crippen molar-refractivity contribution in [2.45, 2.75) is 0 Å². The van der Waals surface area contributed by atoms with Crippen LogP contribution in [0.2, 0.25) is 5.02 Å². The van der Waals surface area contributed by atoms with Crippen molar-refractivity contribution < 1.29 is 9.72 Å². The number of anilines is 1. The maximum absolute atomic E-state index is 13.6. The summed E-state index contributed by atoms with van der Waals surface area (Å²) in [6.45, 7) is 2.36. The molecule has 0 spiro atoms. The second kappa shape index (κ2) is 9.11. The van der Waals surface area contributed by atoms with Crippen LogP contribution in [0.5, 0.6) is 0 Å². The highest BCUT2D eigenvalue weighted by molar-refractivity contribution is 6.35. The third kappa shape index (κ3) is 4.18. The molecule has 170 valence electrons. The summed E-state index contributed by atoms with van der Waals surface area (Å²) < 4.78 is 0. The van der Waals surface area contributed by atoms with E-state index in [1.54, 1.807) is 18.2 Å². The maximum atomic E-state index is 13.6. The van der Waals surface area contributed by atoms with Crippen LogP contribution in [0.3, 0.4) is 0 Å². The first-order valence-corrected chi connectivity index (χ1v) is 11.3. The molecular formula is C26H21ClN4O3. The van der Waals surface area contributed by atoms with Crippen LogP contribution >= 0.6 is 11.6 Å². The van der Waals surface area contributed by atoms with Gasteiger partial charge < -0.3 is 9.80 Å². The second-order valence-electron chi connectivity index (χ2n) is 8.11. The van der Waals surface area contributed by atoms with E-state index in [0.29, 0.717) is 48.0 Å². The molecule has 2 heterocycles. The van der Waals surface area contributed by atoms with Crippen LogP contribution in [-0.2, 0) is 0 Å². The van der Waals surface area contributed by atoms with E-state index in [9.17, 15) is 14.9 Å². The van der Waals surface area contributed by atoms with Gasteiger partial charge in [-0.3, -0.25) is 14.9 Å². The normalized spacial score (nSPS) is 13.8. The molecule has 1 fully saturated rings. The van der Waals surface area contributed by atoms with Crippen molar-refractivity contribution in [3.8, 4) is 11.3 Å². The highest BCUT2D eigenvalue weighted by Gasteiger charge is 2.25. The van der Waals surface area contributed by atoms with Crippen molar-refractivity contribution in [2.75, 3.05) is 31.1 Å². The molecule has 1 amide bonds. The van der Waals surface area contributed by atoms with Gasteiger partial charge in [-0.05, 0) is 24.3 Å². The van der Waals surface area contributed by atoms with Gasteiger partial charge in [0.25, 0.3) is 11.6 Å². The lowest BCUT2D eigenvalue weighted by atomic mass is 10.0. The molecule has 1 aromatic heterocycles. The fraction of sp³-hybridized carbons (Fsp3) is 0.154. The lowest BCUT2D eigenvalue weighted by Crippen LogP contribution is -2.48. The molecule has 8 heteroatoms. The van der Waals surface area contributed by atoms with Crippen LogP contribution in [0.1, 0.15) is 10.4 Å². The minimum Gasteiger partial charge on any atom is -0.368 e. The van der Waals surface area contributed by atoms with Crippen LogP contribution in [0.25, 0.3) is 22.2 Å². The Morgan fingerprint density at radius 3 is 2.29 bits per heavy atom. The number of piperazine rings is 1. The Bertz CT molecular complexity index is 1370. The zero-order chi connectivity index (χ0) is 23.7. The molecule has 3 aromatic carbocycles. The van der Waals surface area contributed by atoms with E-state index in [-0.39, 0.29) is 11.6 Å². The minimum atomic E-state index is -0.407. The van der Waals surface area contributed by atoms with Gasteiger partial charge in [0.1, 0.15) is 0 Å². The zero-order valence-corrected chi connectivity index (χ0v) is 19.0. The molecule has 0 aliphatic carbocycles. The van der Waals surface area contributed by atoms with Gasteiger partial charge in [-0.25, -0.2) is 4.98 Å². The molecule has 0 radical (unpaired) electrons. The molecule has 0 N–H and O–H groups in total. The Balaban J connectivity index is 1.41. The Morgan fingerprint density at radius 1 is 0.912 bits per heavy atom. The largest absolute Gasteiger partial charge is 0.368 e.